The standard InChI is InChI=1S/C14H21NO4S/c1-4-6-10-15(5-2)20(17,18)13-9-7-8-12(11-13)14(16)19-3/h7-9,11H,4-6,10H2,1-3H3. The maximum absolute atomic E-state index is 12.5. The van der Waals surface area contributed by atoms with Gasteiger partial charge in [0.05, 0.1) is 17.6 Å². The van der Waals surface area contributed by atoms with E-state index in [-0.39, 0.29) is 10.5 Å². The normalized spacial score (nSPS) is 11.6. The van der Waals surface area contributed by atoms with Gasteiger partial charge in [0, 0.05) is 13.1 Å². The third-order valence-corrected chi connectivity index (χ3v) is 4.98. The molecule has 0 aliphatic heterocycles. The summed E-state index contributed by atoms with van der Waals surface area (Å²) in [6.07, 6.45) is 1.73. The first-order valence-electron chi connectivity index (χ1n) is 6.65. The van der Waals surface area contributed by atoms with Crippen LogP contribution in [0.5, 0.6) is 0 Å². The molecule has 0 bridgehead atoms. The van der Waals surface area contributed by atoms with Gasteiger partial charge < -0.3 is 4.74 Å². The Balaban J connectivity index is 3.11. The van der Waals surface area contributed by atoms with Crippen molar-refractivity contribution in [2.75, 3.05) is 20.2 Å². The summed E-state index contributed by atoms with van der Waals surface area (Å²) in [6.45, 7) is 4.71. The SMILES string of the molecule is CCCCN(CC)S(=O)(=O)c1cccc(C(=O)OC)c1. The molecule has 0 N–H and O–H groups in total. The number of unbranched alkanes of at least 4 members (excludes halogenated alkanes) is 1. The molecule has 0 atom stereocenters. The highest BCUT2D eigenvalue weighted by molar-refractivity contribution is 7.89. The average Bonchev–Trinajstić information content (AvgIpc) is 2.47. The first kappa shape index (κ1) is 16.7. The van der Waals surface area contributed by atoms with Gasteiger partial charge in [0.1, 0.15) is 0 Å². The molecule has 0 saturated heterocycles. The van der Waals surface area contributed by atoms with Gasteiger partial charge >= 0.3 is 5.97 Å². The van der Waals surface area contributed by atoms with Crippen LogP contribution < -0.4 is 0 Å². The number of methoxy groups -OCH3 is 1. The fraction of sp³-hybridized carbons (Fsp3) is 0.500. The zero-order valence-electron chi connectivity index (χ0n) is 12.1. The van der Waals surface area contributed by atoms with Crippen LogP contribution in [0.15, 0.2) is 29.2 Å². The van der Waals surface area contributed by atoms with Gasteiger partial charge in [-0.25, -0.2) is 13.2 Å². The van der Waals surface area contributed by atoms with E-state index in [1.165, 1.54) is 29.6 Å². The minimum atomic E-state index is -3.56. The summed E-state index contributed by atoms with van der Waals surface area (Å²) < 4.78 is 31.0. The number of esters is 1. The number of ether oxygens (including phenoxy) is 1. The fourth-order valence-corrected chi connectivity index (χ4v) is 3.37. The molecule has 20 heavy (non-hydrogen) atoms. The first-order chi connectivity index (χ1) is 9.47. The van der Waals surface area contributed by atoms with Crippen LogP contribution in [0, 0.1) is 0 Å². The minimum Gasteiger partial charge on any atom is -0.465 e. The predicted octanol–water partition coefficient (Wildman–Crippen LogP) is 2.28. The summed E-state index contributed by atoms with van der Waals surface area (Å²) >= 11 is 0. The van der Waals surface area contributed by atoms with E-state index in [2.05, 4.69) is 4.74 Å². The number of nitrogens with zero attached hydrogens (tertiary/aromatic N) is 1. The van der Waals surface area contributed by atoms with Crippen molar-refractivity contribution in [3.05, 3.63) is 29.8 Å². The Morgan fingerprint density at radius 2 is 2.00 bits per heavy atom. The lowest BCUT2D eigenvalue weighted by atomic mass is 10.2. The van der Waals surface area contributed by atoms with E-state index >= 15 is 0 Å². The van der Waals surface area contributed by atoms with Crippen molar-refractivity contribution in [2.24, 2.45) is 0 Å². The molecule has 0 amide bonds. The lowest BCUT2D eigenvalue weighted by Crippen LogP contribution is -2.32. The number of rotatable bonds is 7. The van der Waals surface area contributed by atoms with Crippen LogP contribution in [-0.2, 0) is 14.8 Å². The smallest absolute Gasteiger partial charge is 0.337 e. The summed E-state index contributed by atoms with van der Waals surface area (Å²) in [5.41, 5.74) is 0.236. The highest BCUT2D eigenvalue weighted by atomic mass is 32.2. The third kappa shape index (κ3) is 3.80. The zero-order chi connectivity index (χ0) is 15.2. The van der Waals surface area contributed by atoms with Crippen LogP contribution >= 0.6 is 0 Å². The quantitative estimate of drug-likeness (QED) is 0.725. The Labute approximate surface area is 120 Å². The lowest BCUT2D eigenvalue weighted by molar-refractivity contribution is 0.0600. The van der Waals surface area contributed by atoms with E-state index in [9.17, 15) is 13.2 Å². The van der Waals surface area contributed by atoms with Crippen molar-refractivity contribution in [2.45, 2.75) is 31.6 Å². The number of hydrogen-bond acceptors (Lipinski definition) is 4. The van der Waals surface area contributed by atoms with Crippen LogP contribution in [0.25, 0.3) is 0 Å². The molecule has 0 heterocycles. The largest absolute Gasteiger partial charge is 0.465 e. The molecule has 1 aromatic carbocycles. The molecule has 1 rings (SSSR count). The Kier molecular flexibility index (Phi) is 6.16. The van der Waals surface area contributed by atoms with Crippen LogP contribution in [0.2, 0.25) is 0 Å². The number of sulfonamides is 1. The number of carbonyl (C=O) groups excluding carboxylic acids is 1. The number of carbonyl (C=O) groups is 1. The van der Waals surface area contributed by atoms with Crippen LogP contribution in [0.4, 0.5) is 0 Å². The van der Waals surface area contributed by atoms with Crippen molar-refractivity contribution >= 4 is 16.0 Å². The van der Waals surface area contributed by atoms with Crippen molar-refractivity contribution in [3.63, 3.8) is 0 Å². The molecule has 0 aromatic heterocycles. The van der Waals surface area contributed by atoms with Crippen molar-refractivity contribution < 1.29 is 17.9 Å². The van der Waals surface area contributed by atoms with Crippen molar-refractivity contribution in [3.8, 4) is 0 Å². The summed E-state index contributed by atoms with van der Waals surface area (Å²) in [6, 6.07) is 5.94. The second-order valence-corrected chi connectivity index (χ2v) is 6.31. The number of benzene rings is 1. The van der Waals surface area contributed by atoms with E-state index < -0.39 is 16.0 Å². The van der Waals surface area contributed by atoms with E-state index in [4.69, 9.17) is 0 Å². The van der Waals surface area contributed by atoms with E-state index in [0.29, 0.717) is 13.1 Å². The van der Waals surface area contributed by atoms with E-state index in [1.807, 2.05) is 6.92 Å². The molecular weight excluding hydrogens is 278 g/mol. The van der Waals surface area contributed by atoms with Crippen molar-refractivity contribution in [1.82, 2.24) is 4.31 Å². The topological polar surface area (TPSA) is 63.7 Å². The van der Waals surface area contributed by atoms with Gasteiger partial charge in [-0.1, -0.05) is 26.3 Å². The Hall–Kier alpha value is -1.40. The van der Waals surface area contributed by atoms with Gasteiger partial charge in [0.15, 0.2) is 0 Å². The monoisotopic (exact) mass is 299 g/mol. The molecule has 0 aliphatic rings. The summed E-state index contributed by atoms with van der Waals surface area (Å²) in [7, 11) is -2.30. The molecule has 112 valence electrons. The molecule has 0 spiro atoms. The summed E-state index contributed by atoms with van der Waals surface area (Å²) in [5.74, 6) is -0.543. The average molecular weight is 299 g/mol. The van der Waals surface area contributed by atoms with Gasteiger partial charge in [0.2, 0.25) is 10.0 Å². The molecule has 0 aliphatic carbocycles. The maximum Gasteiger partial charge on any atom is 0.337 e. The van der Waals surface area contributed by atoms with Gasteiger partial charge in [-0.2, -0.15) is 4.31 Å². The Morgan fingerprint density at radius 3 is 2.55 bits per heavy atom. The number of hydrogen-bond donors (Lipinski definition) is 0. The van der Waals surface area contributed by atoms with Crippen LogP contribution in [0.1, 0.15) is 37.0 Å². The van der Waals surface area contributed by atoms with Gasteiger partial charge in [0.25, 0.3) is 0 Å². The first-order valence-corrected chi connectivity index (χ1v) is 8.09. The van der Waals surface area contributed by atoms with Crippen LogP contribution in [0.3, 0.4) is 0 Å². The molecule has 0 fully saturated rings. The lowest BCUT2D eigenvalue weighted by Gasteiger charge is -2.20. The second-order valence-electron chi connectivity index (χ2n) is 4.37. The Morgan fingerprint density at radius 1 is 1.30 bits per heavy atom. The van der Waals surface area contributed by atoms with Crippen LogP contribution in [-0.4, -0.2) is 38.9 Å². The third-order valence-electron chi connectivity index (χ3n) is 3.01. The molecular formula is C14H21NO4S. The molecule has 0 saturated carbocycles. The van der Waals surface area contributed by atoms with Gasteiger partial charge in [-0.05, 0) is 24.6 Å². The second kappa shape index (κ2) is 7.40. The minimum absolute atomic E-state index is 0.123. The summed E-state index contributed by atoms with van der Waals surface area (Å²) in [5, 5.41) is 0. The summed E-state index contributed by atoms with van der Waals surface area (Å²) in [4.78, 5) is 11.6. The van der Waals surface area contributed by atoms with Crippen molar-refractivity contribution in [1.29, 1.82) is 0 Å². The predicted molar refractivity (Wildman–Crippen MR) is 77.1 cm³/mol. The van der Waals surface area contributed by atoms with Gasteiger partial charge in [-0.15, -0.1) is 0 Å². The fourth-order valence-electron chi connectivity index (χ4n) is 1.83. The molecule has 0 unspecified atom stereocenters. The highest BCUT2D eigenvalue weighted by Crippen LogP contribution is 2.18. The van der Waals surface area contributed by atoms with E-state index in [0.717, 1.165) is 12.8 Å². The highest BCUT2D eigenvalue weighted by Gasteiger charge is 2.23. The van der Waals surface area contributed by atoms with E-state index in [1.54, 1.807) is 13.0 Å². The molecule has 6 heteroatoms. The molecule has 5 nitrogen and oxygen atoms in total. The maximum atomic E-state index is 12.5. The zero-order valence-corrected chi connectivity index (χ0v) is 12.9. The molecule has 1 aromatic rings. The Bertz CT molecular complexity index is 554. The van der Waals surface area contributed by atoms with Gasteiger partial charge in [-0.3, -0.25) is 0 Å². The molecule has 0 radical (unpaired) electrons.